The lowest BCUT2D eigenvalue weighted by molar-refractivity contribution is 0.0694. The lowest BCUT2D eigenvalue weighted by atomic mass is 9.73. The summed E-state index contributed by atoms with van der Waals surface area (Å²) < 4.78 is 45.0. The molecule has 0 unspecified atom stereocenters. The Morgan fingerprint density at radius 1 is 1.03 bits per heavy atom. The van der Waals surface area contributed by atoms with Gasteiger partial charge in [0.25, 0.3) is 0 Å². The monoisotopic (exact) mass is 823 g/mol. The number of aromatic nitrogens is 3. The van der Waals surface area contributed by atoms with Gasteiger partial charge >= 0.3 is 5.97 Å². The molecule has 58 heavy (non-hydrogen) atoms. The number of rotatable bonds is 13. The molecular formula is C45H51F2N5O4SSi. The van der Waals surface area contributed by atoms with Gasteiger partial charge in [-0.15, -0.1) is 11.3 Å². The molecule has 8 rings (SSSR count). The molecule has 5 heterocycles. The van der Waals surface area contributed by atoms with Gasteiger partial charge < -0.3 is 29.0 Å². The smallest absolute Gasteiger partial charge is 0.339 e. The van der Waals surface area contributed by atoms with Crippen LogP contribution in [0.3, 0.4) is 0 Å². The molecule has 304 valence electrons. The van der Waals surface area contributed by atoms with Crippen LogP contribution in [0.2, 0.25) is 25.7 Å². The zero-order valence-electron chi connectivity index (χ0n) is 33.8. The third kappa shape index (κ3) is 8.63. The molecule has 1 aliphatic heterocycles. The minimum Gasteiger partial charge on any atom is -0.478 e. The van der Waals surface area contributed by atoms with Crippen LogP contribution in [0.15, 0.2) is 78.1 Å². The molecule has 0 atom stereocenters. The third-order valence-corrected chi connectivity index (χ3v) is 14.2. The van der Waals surface area contributed by atoms with E-state index in [0.717, 1.165) is 91.3 Å². The average molecular weight is 824 g/mol. The van der Waals surface area contributed by atoms with Gasteiger partial charge in [-0.3, -0.25) is 4.90 Å². The Labute approximate surface area is 342 Å². The standard InChI is InChI=1S/C45H51F2N5O4SSi/c1-45(2)11-8-30(26-50-14-16-51(17-15-50)32-6-7-35(44(53)54)39(22-32)56-33-20-29-9-12-48-43(29)49-25-33)36(24-45)40-21-31(27-57-40)41-38(47)23-37(46)34-10-13-52(42(34)41)28-55-18-19-58(3,4)5/h6-7,9-10,12-13,20-23,25,27H,8,11,14-19,24,26,28H2,1-5H3,(H,48,49)(H,53,54). The second-order valence-corrected chi connectivity index (χ2v) is 24.2. The summed E-state index contributed by atoms with van der Waals surface area (Å²) in [4.78, 5) is 25.5. The van der Waals surface area contributed by atoms with Gasteiger partial charge in [-0.2, -0.15) is 0 Å². The van der Waals surface area contributed by atoms with Crippen LogP contribution in [0.5, 0.6) is 11.5 Å². The molecule has 0 spiro atoms. The van der Waals surface area contributed by atoms with E-state index in [1.807, 2.05) is 34.2 Å². The number of allylic oxidation sites excluding steroid dienone is 1. The van der Waals surface area contributed by atoms with Crippen LogP contribution in [0, 0.1) is 17.0 Å². The third-order valence-electron chi connectivity index (χ3n) is 11.5. The fourth-order valence-electron chi connectivity index (χ4n) is 8.14. The van der Waals surface area contributed by atoms with E-state index in [1.165, 1.54) is 11.1 Å². The van der Waals surface area contributed by atoms with Crippen LogP contribution in [-0.2, 0) is 11.5 Å². The number of aromatic carboxylic acids is 1. The minimum atomic E-state index is -1.28. The first-order valence-electron chi connectivity index (χ1n) is 20.0. The second-order valence-electron chi connectivity index (χ2n) is 17.7. The van der Waals surface area contributed by atoms with Crippen molar-refractivity contribution in [3.8, 4) is 22.6 Å². The van der Waals surface area contributed by atoms with Gasteiger partial charge in [0, 0.05) is 98.8 Å². The second kappa shape index (κ2) is 16.1. The van der Waals surface area contributed by atoms with Crippen LogP contribution in [0.25, 0.3) is 38.6 Å². The number of nitrogens with one attached hydrogen (secondary N) is 1. The number of carboxylic acids is 1. The Morgan fingerprint density at radius 3 is 2.62 bits per heavy atom. The summed E-state index contributed by atoms with van der Waals surface area (Å²) in [6.07, 6.45) is 8.19. The summed E-state index contributed by atoms with van der Waals surface area (Å²) in [6.45, 7) is 16.5. The van der Waals surface area contributed by atoms with Crippen LogP contribution >= 0.6 is 11.3 Å². The molecule has 6 aromatic rings. The highest BCUT2D eigenvalue weighted by Gasteiger charge is 2.31. The quantitative estimate of drug-likeness (QED) is 0.0884. The van der Waals surface area contributed by atoms with E-state index >= 15 is 8.78 Å². The Balaban J connectivity index is 1.00. The van der Waals surface area contributed by atoms with Crippen LogP contribution < -0.4 is 9.64 Å². The van der Waals surface area contributed by atoms with Crippen LogP contribution in [-0.4, -0.2) is 77.9 Å². The first-order valence-corrected chi connectivity index (χ1v) is 24.6. The topological polar surface area (TPSA) is 95.9 Å². The minimum absolute atomic E-state index is 0.0929. The number of thiophene rings is 1. The number of hydrogen-bond donors (Lipinski definition) is 2. The summed E-state index contributed by atoms with van der Waals surface area (Å²) in [5, 5.41) is 13.2. The van der Waals surface area contributed by atoms with Crippen molar-refractivity contribution in [2.24, 2.45) is 5.41 Å². The van der Waals surface area contributed by atoms with Crippen molar-refractivity contribution in [3.05, 3.63) is 100 Å². The molecule has 1 aliphatic carbocycles. The molecule has 2 aliphatic rings. The lowest BCUT2D eigenvalue weighted by Gasteiger charge is -2.39. The molecule has 9 nitrogen and oxygen atoms in total. The van der Waals surface area contributed by atoms with Gasteiger partial charge in [-0.25, -0.2) is 18.6 Å². The zero-order valence-corrected chi connectivity index (χ0v) is 35.6. The summed E-state index contributed by atoms with van der Waals surface area (Å²) in [5.41, 5.74) is 6.31. The molecule has 13 heteroatoms. The number of carboxylic acid groups (broad SMARTS) is 1. The van der Waals surface area contributed by atoms with Crippen molar-refractivity contribution in [2.75, 3.05) is 44.2 Å². The summed E-state index contributed by atoms with van der Waals surface area (Å²) >= 11 is 1.63. The highest BCUT2D eigenvalue weighted by Crippen LogP contribution is 2.46. The van der Waals surface area contributed by atoms with E-state index in [9.17, 15) is 9.90 Å². The first kappa shape index (κ1) is 40.0. The number of halogens is 2. The highest BCUT2D eigenvalue weighted by molar-refractivity contribution is 7.11. The van der Waals surface area contributed by atoms with Gasteiger partial charge in [-0.1, -0.05) is 39.1 Å². The van der Waals surface area contributed by atoms with Crippen molar-refractivity contribution >= 4 is 58.6 Å². The van der Waals surface area contributed by atoms with Crippen molar-refractivity contribution in [2.45, 2.75) is 65.5 Å². The normalized spacial score (nSPS) is 16.5. The Hall–Kier alpha value is -4.82. The number of aromatic amines is 1. The number of anilines is 1. The molecule has 1 fully saturated rings. The number of H-pyrrole nitrogens is 1. The lowest BCUT2D eigenvalue weighted by Crippen LogP contribution is -2.47. The SMILES string of the molecule is CC1(C)CCC(CN2CCN(c3ccc(C(=O)O)c(Oc4cnc5[nH]ccc5c4)c3)CC2)=C(c2cc(-c3c(F)cc(F)c4ccn(COCC[Si](C)(C)C)c34)cs2)C1. The molecule has 0 bridgehead atoms. The van der Waals surface area contributed by atoms with Gasteiger partial charge in [0.05, 0.1) is 11.7 Å². The fourth-order valence-corrected chi connectivity index (χ4v) is 9.89. The molecule has 0 radical (unpaired) electrons. The van der Waals surface area contributed by atoms with Crippen LogP contribution in [0.1, 0.15) is 48.3 Å². The number of fused-ring (bicyclic) bond motifs is 2. The van der Waals surface area contributed by atoms with Gasteiger partial charge in [-0.05, 0) is 83.6 Å². The maximum absolute atomic E-state index is 15.9. The van der Waals surface area contributed by atoms with Crippen molar-refractivity contribution < 1.29 is 28.2 Å². The Kier molecular flexibility index (Phi) is 11.1. The largest absolute Gasteiger partial charge is 0.478 e. The van der Waals surface area contributed by atoms with E-state index in [4.69, 9.17) is 9.47 Å². The van der Waals surface area contributed by atoms with Gasteiger partial charge in [0.1, 0.15) is 41.1 Å². The molecule has 2 aromatic carbocycles. The molecule has 0 amide bonds. The number of hydrogen-bond acceptors (Lipinski definition) is 7. The summed E-state index contributed by atoms with van der Waals surface area (Å²) in [6, 6.07) is 14.9. The molecule has 0 saturated carbocycles. The molecular weight excluding hydrogens is 773 g/mol. The first-order chi connectivity index (χ1) is 27.7. The molecule has 2 N–H and O–H groups in total. The number of carbonyl (C=O) groups is 1. The predicted molar refractivity (Wildman–Crippen MR) is 232 cm³/mol. The number of nitrogens with zero attached hydrogens (tertiary/aromatic N) is 4. The highest BCUT2D eigenvalue weighted by atomic mass is 32.1. The fraction of sp³-hybridized carbons (Fsp3) is 0.378. The van der Waals surface area contributed by atoms with Crippen molar-refractivity contribution in [1.29, 1.82) is 0 Å². The Bertz CT molecular complexity index is 2510. The molecule has 1 saturated heterocycles. The maximum atomic E-state index is 15.9. The van der Waals surface area contributed by atoms with Gasteiger partial charge in [0.2, 0.25) is 0 Å². The van der Waals surface area contributed by atoms with E-state index in [0.29, 0.717) is 28.8 Å². The van der Waals surface area contributed by atoms with E-state index in [-0.39, 0.29) is 23.5 Å². The maximum Gasteiger partial charge on any atom is 0.339 e. The summed E-state index contributed by atoms with van der Waals surface area (Å²) in [5.74, 6) is -1.44. The average Bonchev–Trinajstić information content (AvgIpc) is 3.95. The molecule has 4 aromatic heterocycles. The zero-order chi connectivity index (χ0) is 40.8. The van der Waals surface area contributed by atoms with Crippen molar-refractivity contribution in [3.63, 3.8) is 0 Å². The van der Waals surface area contributed by atoms with E-state index < -0.39 is 25.7 Å². The predicted octanol–water partition coefficient (Wildman–Crippen LogP) is 11.1. The van der Waals surface area contributed by atoms with E-state index in [1.54, 1.807) is 42.1 Å². The number of piperazine rings is 1. The van der Waals surface area contributed by atoms with E-state index in [2.05, 4.69) is 59.3 Å². The number of ether oxygens (including phenoxy) is 2. The Morgan fingerprint density at radius 2 is 1.84 bits per heavy atom. The van der Waals surface area contributed by atoms with Gasteiger partial charge in [0.15, 0.2) is 0 Å². The summed E-state index contributed by atoms with van der Waals surface area (Å²) in [7, 11) is -1.28. The van der Waals surface area contributed by atoms with Crippen molar-refractivity contribution in [1.82, 2.24) is 19.4 Å². The number of benzene rings is 2. The van der Waals surface area contributed by atoms with Crippen LogP contribution in [0.4, 0.5) is 14.5 Å². The number of pyridine rings is 1.